The van der Waals surface area contributed by atoms with Gasteiger partial charge in [-0.1, -0.05) is 0 Å². The van der Waals surface area contributed by atoms with Crippen LogP contribution in [-0.4, -0.2) is 78.2 Å². The summed E-state index contributed by atoms with van der Waals surface area (Å²) in [6.45, 7) is 8.30. The first-order valence-electron chi connectivity index (χ1n) is 12.2. The first-order valence-corrected chi connectivity index (χ1v) is 15.0. The number of aromatic nitrogens is 2. The van der Waals surface area contributed by atoms with E-state index in [0.29, 0.717) is 0 Å². The van der Waals surface area contributed by atoms with Crippen molar-refractivity contribution < 1.29 is 32.1 Å². The number of H-pyrrole nitrogens is 1. The minimum atomic E-state index is -3.54. The summed E-state index contributed by atoms with van der Waals surface area (Å²) in [5, 5.41) is 9.06. The number of fused-ring (bicyclic) bond motifs is 2. The monoisotopic (exact) mass is 574 g/mol. The third kappa shape index (κ3) is 6.70. The Hall–Kier alpha value is -1.71. The Labute approximate surface area is 223 Å². The van der Waals surface area contributed by atoms with Crippen molar-refractivity contribution in [1.29, 1.82) is 5.26 Å². The molecule has 2 bridgehead atoms. The van der Waals surface area contributed by atoms with E-state index in [1.54, 1.807) is 6.08 Å². The molecule has 3 rings (SSSR count). The molecule has 1 N–H and O–H groups in total. The van der Waals surface area contributed by atoms with Gasteiger partial charge in [-0.05, 0) is 33.8 Å². The Morgan fingerprint density at radius 2 is 2.00 bits per heavy atom. The van der Waals surface area contributed by atoms with Crippen LogP contribution in [-0.2, 0) is 32.1 Å². The van der Waals surface area contributed by atoms with Gasteiger partial charge in [-0.2, -0.15) is 5.26 Å². The van der Waals surface area contributed by atoms with Crippen LogP contribution in [0.15, 0.2) is 33.7 Å². The van der Waals surface area contributed by atoms with Gasteiger partial charge in [0, 0.05) is 44.4 Å². The lowest BCUT2D eigenvalue weighted by molar-refractivity contribution is -0.118. The van der Waals surface area contributed by atoms with E-state index in [2.05, 4.69) is 15.7 Å². The van der Waals surface area contributed by atoms with Gasteiger partial charge in [-0.25, -0.2) is 9.46 Å². The Kier molecular flexibility index (Phi) is 10.6. The Morgan fingerprint density at radius 1 is 1.32 bits per heavy atom. The molecule has 0 saturated carbocycles. The molecule has 2 aliphatic heterocycles. The maximum absolute atomic E-state index is 12.8. The van der Waals surface area contributed by atoms with Crippen LogP contribution in [0.25, 0.3) is 0 Å². The van der Waals surface area contributed by atoms with E-state index in [1.165, 1.54) is 36.9 Å². The number of hydrogen-bond acceptors (Lipinski definition) is 11. The number of aromatic amines is 1. The molecule has 5 atom stereocenters. The van der Waals surface area contributed by atoms with Crippen LogP contribution in [0, 0.1) is 11.3 Å². The predicted molar refractivity (Wildman–Crippen MR) is 140 cm³/mol. The summed E-state index contributed by atoms with van der Waals surface area (Å²) in [5.41, 5.74) is -2.32. The van der Waals surface area contributed by atoms with Crippen LogP contribution in [0.2, 0.25) is 0 Å². The molecule has 15 heteroatoms. The van der Waals surface area contributed by atoms with E-state index in [0.717, 1.165) is 0 Å². The number of nitriles is 1. The second-order valence-corrected chi connectivity index (χ2v) is 12.9. The van der Waals surface area contributed by atoms with Crippen molar-refractivity contribution in [3.05, 3.63) is 45.0 Å². The zero-order chi connectivity index (χ0) is 28.1. The smallest absolute Gasteiger partial charge is 0.353 e. The van der Waals surface area contributed by atoms with Gasteiger partial charge in [0.2, 0.25) is 0 Å². The first-order chi connectivity index (χ1) is 18.0. The largest absolute Gasteiger partial charge is 0.370 e. The fourth-order valence-electron chi connectivity index (χ4n) is 4.52. The zero-order valence-electron chi connectivity index (χ0n) is 22.4. The number of nitrogens with zero attached hydrogens (tertiary/aromatic N) is 3. The molecule has 13 nitrogen and oxygen atoms in total. The second-order valence-electron chi connectivity index (χ2n) is 9.42. The second kappa shape index (κ2) is 13.1. The highest BCUT2D eigenvalue weighted by molar-refractivity contribution is 7.57. The lowest BCUT2D eigenvalue weighted by Crippen LogP contribution is -2.55. The quantitative estimate of drug-likeness (QED) is 0.273. The molecular weight excluding hydrogens is 538 g/mol. The minimum Gasteiger partial charge on any atom is -0.370 e. The molecule has 0 radical (unpaired) electrons. The van der Waals surface area contributed by atoms with Crippen molar-refractivity contribution in [1.82, 2.24) is 14.2 Å². The molecule has 0 spiro atoms. The summed E-state index contributed by atoms with van der Waals surface area (Å²) in [5.74, 6) is 1.31. The van der Waals surface area contributed by atoms with Crippen molar-refractivity contribution in [3.63, 3.8) is 0 Å². The summed E-state index contributed by atoms with van der Waals surface area (Å²) in [6.07, 6.45) is 1.63. The topological polar surface area (TPSA) is 154 Å². The summed E-state index contributed by atoms with van der Waals surface area (Å²) in [6, 6.07) is 2.77. The van der Waals surface area contributed by atoms with Crippen molar-refractivity contribution >= 4 is 16.1 Å². The maximum Gasteiger partial charge on any atom is 0.353 e. The lowest BCUT2D eigenvalue weighted by Gasteiger charge is -2.44. The fourth-order valence-corrected chi connectivity index (χ4v) is 7.14. The van der Waals surface area contributed by atoms with Crippen LogP contribution in [0.1, 0.15) is 40.2 Å². The predicted octanol–water partition coefficient (Wildman–Crippen LogP) is 2.91. The molecule has 1 aromatic rings. The highest BCUT2D eigenvalue weighted by Crippen LogP contribution is 2.55. The van der Waals surface area contributed by atoms with E-state index in [9.17, 15) is 14.2 Å². The van der Waals surface area contributed by atoms with Gasteiger partial charge >= 0.3 is 13.3 Å². The standard InChI is InChI=1S/C23H36N4O9P2/c1-16(2)27(17(3)4)37(35-12-7-10-24)36-21-20-18(26-11-8-19(28)25-22(26)29)14-34-23(21,15-33-20)9-13-38(30,31-5)32-6/h8-9,11,13,16-18,20-21H,7,12,14-15H2,1-6H3,(H,25,28,29)/b13-9+/t18-,20+,21+,23+,37?/m1/s1. The summed E-state index contributed by atoms with van der Waals surface area (Å²) in [4.78, 5) is 26.5. The third-order valence-electron chi connectivity index (χ3n) is 6.31. The number of ether oxygens (including phenoxy) is 2. The van der Waals surface area contributed by atoms with Crippen molar-refractivity contribution in [2.24, 2.45) is 0 Å². The van der Waals surface area contributed by atoms with E-state index < -0.39 is 51.2 Å². The van der Waals surface area contributed by atoms with Crippen LogP contribution in [0.5, 0.6) is 0 Å². The Balaban J connectivity index is 2.05. The maximum atomic E-state index is 12.8. The summed E-state index contributed by atoms with van der Waals surface area (Å²) >= 11 is 0. The van der Waals surface area contributed by atoms with Gasteiger partial charge in [0.05, 0.1) is 38.4 Å². The van der Waals surface area contributed by atoms with Gasteiger partial charge in [0.1, 0.15) is 17.8 Å². The molecule has 0 aromatic carbocycles. The summed E-state index contributed by atoms with van der Waals surface area (Å²) < 4.78 is 51.5. The van der Waals surface area contributed by atoms with Crippen molar-refractivity contribution in [3.8, 4) is 6.07 Å². The summed E-state index contributed by atoms with van der Waals surface area (Å²) in [7, 11) is -2.71. The van der Waals surface area contributed by atoms with Crippen LogP contribution >= 0.6 is 16.1 Å². The number of rotatable bonds is 13. The van der Waals surface area contributed by atoms with Crippen molar-refractivity contribution in [2.45, 2.75) is 70.1 Å². The number of nitrogens with one attached hydrogen (secondary N) is 1. The molecular formula is C23H36N4O9P2. The molecule has 3 heterocycles. The van der Waals surface area contributed by atoms with Gasteiger partial charge in [0.25, 0.3) is 14.1 Å². The number of hydrogen-bond donors (Lipinski definition) is 1. The SMILES string of the molecule is COP(=O)(/C=C/[C@@]12CO[C@@H]([C@H](n3ccc(=O)[nH]c3=O)CO1)[C@@H]2OP(OCCC#N)N(C(C)C)C(C)C)OC. The van der Waals surface area contributed by atoms with Gasteiger partial charge in [-0.3, -0.25) is 18.9 Å². The molecule has 0 aliphatic carbocycles. The van der Waals surface area contributed by atoms with Crippen LogP contribution < -0.4 is 11.2 Å². The first kappa shape index (κ1) is 30.8. The average Bonchev–Trinajstić information content (AvgIpc) is 3.09. The van der Waals surface area contributed by atoms with E-state index >= 15 is 0 Å². The molecule has 38 heavy (non-hydrogen) atoms. The van der Waals surface area contributed by atoms with E-state index in [4.69, 9.17) is 32.8 Å². The average molecular weight is 575 g/mol. The molecule has 2 aliphatic rings. The van der Waals surface area contributed by atoms with Crippen molar-refractivity contribution in [2.75, 3.05) is 34.0 Å². The molecule has 2 fully saturated rings. The highest BCUT2D eigenvalue weighted by atomic mass is 31.2. The fraction of sp³-hybridized carbons (Fsp3) is 0.696. The van der Waals surface area contributed by atoms with Gasteiger partial charge in [0.15, 0.2) is 0 Å². The van der Waals surface area contributed by atoms with E-state index in [1.807, 2.05) is 27.7 Å². The molecule has 0 amide bonds. The third-order valence-corrected chi connectivity index (χ3v) is 9.95. The zero-order valence-corrected chi connectivity index (χ0v) is 24.2. The Bertz CT molecular complexity index is 1160. The Morgan fingerprint density at radius 3 is 2.58 bits per heavy atom. The highest BCUT2D eigenvalue weighted by Gasteiger charge is 2.59. The molecule has 1 unspecified atom stereocenters. The minimum absolute atomic E-state index is 0.0333. The molecule has 2 saturated heterocycles. The van der Waals surface area contributed by atoms with E-state index in [-0.39, 0.29) is 38.3 Å². The van der Waals surface area contributed by atoms with Gasteiger partial charge < -0.3 is 27.6 Å². The molecule has 212 valence electrons. The van der Waals surface area contributed by atoms with Crippen LogP contribution in [0.3, 0.4) is 0 Å². The molecule has 1 aromatic heterocycles. The van der Waals surface area contributed by atoms with Crippen LogP contribution in [0.4, 0.5) is 0 Å². The lowest BCUT2D eigenvalue weighted by atomic mass is 9.90. The normalized spacial score (nSPS) is 26.5. The van der Waals surface area contributed by atoms with Gasteiger partial charge in [-0.15, -0.1) is 0 Å².